The van der Waals surface area contributed by atoms with E-state index in [4.69, 9.17) is 4.74 Å². The maximum absolute atomic E-state index is 13.2. The summed E-state index contributed by atoms with van der Waals surface area (Å²) >= 11 is 1.19. The monoisotopic (exact) mass is 415 g/mol. The molecule has 0 bridgehead atoms. The molecule has 0 saturated carbocycles. The zero-order valence-electron chi connectivity index (χ0n) is 15.1. The molecule has 0 aliphatic carbocycles. The largest absolute Gasteiger partial charge is 0.383 e. The second-order valence-electron chi connectivity index (χ2n) is 5.59. The molecule has 1 aromatic carbocycles. The average Bonchev–Trinajstić information content (AvgIpc) is 2.98. The van der Waals surface area contributed by atoms with Gasteiger partial charge in [0.1, 0.15) is 5.82 Å². The fraction of sp³-hybridized carbons (Fsp3) is 0.333. The first-order valence-electron chi connectivity index (χ1n) is 8.16. The van der Waals surface area contributed by atoms with Crippen molar-refractivity contribution in [3.05, 3.63) is 52.2 Å². The summed E-state index contributed by atoms with van der Waals surface area (Å²) in [4.78, 5) is 25.0. The molecule has 6 nitrogen and oxygen atoms in total. The van der Waals surface area contributed by atoms with Crippen LogP contribution < -0.4 is 16.0 Å². The number of ether oxygens (including phenoxy) is 1. The third-order valence-electron chi connectivity index (χ3n) is 3.52. The van der Waals surface area contributed by atoms with Gasteiger partial charge in [0.2, 0.25) is 0 Å². The number of methoxy groups -OCH3 is 1. The number of benzene rings is 1. The lowest BCUT2D eigenvalue weighted by Crippen LogP contribution is -2.32. The number of nitrogens with one attached hydrogen (secondary N) is 3. The zero-order chi connectivity index (χ0) is 18.9. The number of aryl methyl sites for hydroxylation is 1. The molecule has 9 heteroatoms. The van der Waals surface area contributed by atoms with Crippen molar-refractivity contribution in [2.75, 3.05) is 38.7 Å². The molecular weight excluding hydrogens is 393 g/mol. The topological polar surface area (TPSA) is 79.5 Å². The van der Waals surface area contributed by atoms with Crippen molar-refractivity contribution < 1.29 is 18.7 Å². The highest BCUT2D eigenvalue weighted by atomic mass is 35.5. The number of carbonyl (C=O) groups is 2. The van der Waals surface area contributed by atoms with Crippen molar-refractivity contribution in [2.45, 2.75) is 6.92 Å². The van der Waals surface area contributed by atoms with Gasteiger partial charge >= 0.3 is 0 Å². The maximum atomic E-state index is 13.2. The molecule has 0 atom stereocenters. The van der Waals surface area contributed by atoms with Crippen LogP contribution in [0.4, 0.5) is 9.39 Å². The van der Waals surface area contributed by atoms with Crippen LogP contribution in [0.1, 0.15) is 25.6 Å². The summed E-state index contributed by atoms with van der Waals surface area (Å²) in [5.41, 5.74) is 0.999. The van der Waals surface area contributed by atoms with E-state index in [2.05, 4.69) is 16.0 Å². The molecule has 148 valence electrons. The lowest BCUT2D eigenvalue weighted by atomic mass is 10.2. The molecule has 0 saturated heterocycles. The van der Waals surface area contributed by atoms with Gasteiger partial charge in [0.15, 0.2) is 0 Å². The molecule has 2 rings (SSSR count). The molecule has 27 heavy (non-hydrogen) atoms. The van der Waals surface area contributed by atoms with E-state index in [0.29, 0.717) is 29.6 Å². The lowest BCUT2D eigenvalue weighted by molar-refractivity contribution is 0.0956. The van der Waals surface area contributed by atoms with Crippen molar-refractivity contribution in [3.63, 3.8) is 0 Å². The van der Waals surface area contributed by atoms with Gasteiger partial charge in [-0.1, -0.05) is 6.07 Å². The molecule has 0 spiro atoms. The second kappa shape index (κ2) is 11.7. The highest BCUT2D eigenvalue weighted by molar-refractivity contribution is 7.18. The van der Waals surface area contributed by atoms with E-state index < -0.39 is 11.7 Å². The SMILES string of the molecule is COCCNCCNC(=O)c1sc(NC(=O)c2cccc(F)c2)cc1C.Cl. The number of hydrogen-bond acceptors (Lipinski definition) is 5. The molecular formula is C18H23ClFN3O3S. The second-order valence-corrected chi connectivity index (χ2v) is 6.64. The first-order valence-corrected chi connectivity index (χ1v) is 8.98. The Kier molecular flexibility index (Phi) is 9.95. The third kappa shape index (κ3) is 7.26. The molecule has 0 aliphatic rings. The number of amides is 2. The summed E-state index contributed by atoms with van der Waals surface area (Å²) in [7, 11) is 1.63. The minimum Gasteiger partial charge on any atom is -0.383 e. The van der Waals surface area contributed by atoms with Crippen LogP contribution in [-0.2, 0) is 4.74 Å². The Morgan fingerprint density at radius 2 is 1.93 bits per heavy atom. The van der Waals surface area contributed by atoms with Gasteiger partial charge in [-0.3, -0.25) is 9.59 Å². The van der Waals surface area contributed by atoms with Crippen LogP contribution in [0, 0.1) is 12.7 Å². The molecule has 1 heterocycles. The van der Waals surface area contributed by atoms with Gasteiger partial charge in [-0.05, 0) is 36.8 Å². The van der Waals surface area contributed by atoms with Crippen LogP contribution in [0.3, 0.4) is 0 Å². The van der Waals surface area contributed by atoms with Gasteiger partial charge in [0, 0.05) is 32.3 Å². The van der Waals surface area contributed by atoms with Gasteiger partial charge in [0.25, 0.3) is 11.8 Å². The summed E-state index contributed by atoms with van der Waals surface area (Å²) < 4.78 is 18.1. The van der Waals surface area contributed by atoms with Crippen LogP contribution >= 0.6 is 23.7 Å². The number of anilines is 1. The number of halogens is 2. The molecule has 0 unspecified atom stereocenters. The smallest absolute Gasteiger partial charge is 0.261 e. The molecule has 3 N–H and O–H groups in total. The highest BCUT2D eigenvalue weighted by Gasteiger charge is 2.15. The molecule has 0 fully saturated rings. The van der Waals surface area contributed by atoms with Gasteiger partial charge in [-0.25, -0.2) is 4.39 Å². The lowest BCUT2D eigenvalue weighted by Gasteiger charge is -2.06. The third-order valence-corrected chi connectivity index (χ3v) is 4.67. The number of carbonyl (C=O) groups excluding carboxylic acids is 2. The van der Waals surface area contributed by atoms with Crippen molar-refractivity contribution in [2.24, 2.45) is 0 Å². The van der Waals surface area contributed by atoms with Crippen molar-refractivity contribution in [1.82, 2.24) is 10.6 Å². The predicted octanol–water partition coefficient (Wildman–Crippen LogP) is 2.84. The quantitative estimate of drug-likeness (QED) is 0.550. The highest BCUT2D eigenvalue weighted by Crippen LogP contribution is 2.27. The summed E-state index contributed by atoms with van der Waals surface area (Å²) in [6.45, 7) is 4.28. The molecule has 2 aromatic rings. The normalized spacial score (nSPS) is 10.2. The Balaban J connectivity index is 0.00000364. The molecule has 1 aromatic heterocycles. The standard InChI is InChI=1S/C18H22FN3O3S.ClH/c1-12-10-15(22-17(23)13-4-3-5-14(19)11-13)26-16(12)18(24)21-7-6-20-8-9-25-2;/h3-5,10-11,20H,6-9H2,1-2H3,(H,21,24)(H,22,23);1H. The minimum atomic E-state index is -0.473. The Morgan fingerprint density at radius 1 is 1.15 bits per heavy atom. The van der Waals surface area contributed by atoms with E-state index in [-0.39, 0.29) is 23.9 Å². The van der Waals surface area contributed by atoms with Crippen LogP contribution in [0.2, 0.25) is 0 Å². The summed E-state index contributed by atoms with van der Waals surface area (Å²) in [6, 6.07) is 7.18. The number of hydrogen-bond donors (Lipinski definition) is 3. The van der Waals surface area contributed by atoms with Crippen LogP contribution in [-0.4, -0.2) is 45.2 Å². The van der Waals surface area contributed by atoms with Gasteiger partial charge < -0.3 is 20.7 Å². The van der Waals surface area contributed by atoms with E-state index in [0.717, 1.165) is 12.1 Å². The van der Waals surface area contributed by atoms with E-state index in [1.165, 1.54) is 35.6 Å². The zero-order valence-corrected chi connectivity index (χ0v) is 16.8. The summed E-state index contributed by atoms with van der Waals surface area (Å²) in [5.74, 6) is -1.08. The van der Waals surface area contributed by atoms with E-state index in [1.54, 1.807) is 20.1 Å². The Bertz CT molecular complexity index is 770. The van der Waals surface area contributed by atoms with E-state index in [9.17, 15) is 14.0 Å². The Labute approximate surface area is 167 Å². The van der Waals surface area contributed by atoms with Crippen molar-refractivity contribution in [3.8, 4) is 0 Å². The van der Waals surface area contributed by atoms with Gasteiger partial charge in [-0.2, -0.15) is 0 Å². The Hall–Kier alpha value is -2.00. The Morgan fingerprint density at radius 3 is 2.63 bits per heavy atom. The van der Waals surface area contributed by atoms with Crippen LogP contribution in [0.25, 0.3) is 0 Å². The van der Waals surface area contributed by atoms with E-state index >= 15 is 0 Å². The fourth-order valence-corrected chi connectivity index (χ4v) is 3.21. The van der Waals surface area contributed by atoms with Crippen molar-refractivity contribution >= 4 is 40.6 Å². The van der Waals surface area contributed by atoms with Crippen LogP contribution in [0.15, 0.2) is 30.3 Å². The van der Waals surface area contributed by atoms with Gasteiger partial charge in [0.05, 0.1) is 16.5 Å². The molecule has 0 radical (unpaired) electrons. The molecule has 2 amide bonds. The number of thiophene rings is 1. The predicted molar refractivity (Wildman–Crippen MR) is 108 cm³/mol. The summed E-state index contributed by atoms with van der Waals surface area (Å²) in [5, 5.41) is 9.21. The fourth-order valence-electron chi connectivity index (χ4n) is 2.23. The van der Waals surface area contributed by atoms with Gasteiger partial charge in [-0.15, -0.1) is 23.7 Å². The summed E-state index contributed by atoms with van der Waals surface area (Å²) in [6.07, 6.45) is 0. The average molecular weight is 416 g/mol. The first kappa shape index (κ1) is 23.0. The first-order chi connectivity index (χ1) is 12.5. The number of rotatable bonds is 9. The van der Waals surface area contributed by atoms with Crippen molar-refractivity contribution in [1.29, 1.82) is 0 Å². The van der Waals surface area contributed by atoms with Crippen LogP contribution in [0.5, 0.6) is 0 Å². The van der Waals surface area contributed by atoms with E-state index in [1.807, 2.05) is 0 Å². The maximum Gasteiger partial charge on any atom is 0.261 e. The molecule has 0 aliphatic heterocycles. The minimum absolute atomic E-state index is 0.